The predicted molar refractivity (Wildman–Crippen MR) is 206 cm³/mol. The van der Waals surface area contributed by atoms with Gasteiger partial charge in [-0.05, 0) is 75.1 Å². The highest BCUT2D eigenvalue weighted by Crippen LogP contribution is 2.37. The Morgan fingerprint density at radius 3 is 2.25 bits per heavy atom. The van der Waals surface area contributed by atoms with E-state index < -0.39 is 77.2 Å². The molecule has 0 radical (unpaired) electrons. The number of hydrogen-bond donors (Lipinski definition) is 2. The van der Waals surface area contributed by atoms with Crippen LogP contribution in [0.15, 0.2) is 79.1 Å². The minimum atomic E-state index is -5.11. The smallest absolute Gasteiger partial charge is 0.416 e. The van der Waals surface area contributed by atoms with Crippen LogP contribution in [-0.4, -0.2) is 62.6 Å². The average molecular weight is 824 g/mol. The topological polar surface area (TPSA) is 129 Å². The van der Waals surface area contributed by atoms with Crippen LogP contribution in [0.4, 0.5) is 26.3 Å². The molecule has 3 atom stereocenters. The minimum Gasteiger partial charge on any atom is -0.459 e. The Morgan fingerprint density at radius 1 is 0.932 bits per heavy atom. The Hall–Kier alpha value is -5.82. The van der Waals surface area contributed by atoms with Gasteiger partial charge < -0.3 is 29.2 Å². The number of rotatable bonds is 13. The van der Waals surface area contributed by atoms with E-state index in [2.05, 4.69) is 16.4 Å². The molecular weight excluding hydrogens is 780 g/mol. The molecule has 0 aliphatic carbocycles. The number of aromatic nitrogens is 2. The molecular formula is C43H43F6N5O5. The van der Waals surface area contributed by atoms with Gasteiger partial charge in [0, 0.05) is 66.6 Å². The number of alkyl halides is 6. The fourth-order valence-corrected chi connectivity index (χ4v) is 7.44. The number of carbonyl (C=O) groups is 3. The first-order valence-corrected chi connectivity index (χ1v) is 19.1. The van der Waals surface area contributed by atoms with Crippen LogP contribution < -0.4 is 5.32 Å². The summed E-state index contributed by atoms with van der Waals surface area (Å²) in [6.07, 6.45) is -5.83. The molecule has 3 heterocycles. The molecule has 1 aliphatic rings. The van der Waals surface area contributed by atoms with Crippen LogP contribution in [0.2, 0.25) is 0 Å². The second-order valence-electron chi connectivity index (χ2n) is 15.6. The van der Waals surface area contributed by atoms with Crippen molar-refractivity contribution in [3.8, 4) is 6.07 Å². The fourth-order valence-electron chi connectivity index (χ4n) is 7.44. The van der Waals surface area contributed by atoms with E-state index in [4.69, 9.17) is 14.7 Å². The van der Waals surface area contributed by atoms with Crippen LogP contribution in [0.1, 0.15) is 79.1 Å². The molecule has 6 rings (SSSR count). The third-order valence-corrected chi connectivity index (χ3v) is 10.0. The molecule has 1 saturated heterocycles. The van der Waals surface area contributed by atoms with Gasteiger partial charge in [0.1, 0.15) is 18.7 Å². The quantitative estimate of drug-likeness (QED) is 0.0695. The SMILES string of the molecule is CC(C)(C)O[C@@H]1C[C@@H](C(=O)N[C@@H](Cc2c[nH]c3ccccc23)C(=O)OCc2cc(C(F)(F)F)cc(C(F)(F)F)c2)N(C(=O)c2cn(CCCCC#N)c3ccccc23)C1. The van der Waals surface area contributed by atoms with Crippen molar-refractivity contribution < 1.29 is 50.2 Å². The lowest BCUT2D eigenvalue weighted by molar-refractivity contribution is -0.149. The highest BCUT2D eigenvalue weighted by atomic mass is 19.4. The van der Waals surface area contributed by atoms with Crippen LogP contribution >= 0.6 is 0 Å². The lowest BCUT2D eigenvalue weighted by Gasteiger charge is -2.26. The van der Waals surface area contributed by atoms with Crippen molar-refractivity contribution in [1.29, 1.82) is 5.26 Å². The Balaban J connectivity index is 1.30. The molecule has 59 heavy (non-hydrogen) atoms. The number of aryl methyl sites for hydroxylation is 1. The second kappa shape index (κ2) is 17.2. The summed E-state index contributed by atoms with van der Waals surface area (Å²) >= 11 is 0. The number of fused-ring (bicyclic) bond motifs is 2. The summed E-state index contributed by atoms with van der Waals surface area (Å²) in [6.45, 7) is 5.13. The van der Waals surface area contributed by atoms with Crippen LogP contribution in [0.3, 0.4) is 0 Å². The lowest BCUT2D eigenvalue weighted by Crippen LogP contribution is -2.51. The number of nitrogens with one attached hydrogen (secondary N) is 2. The number of benzene rings is 3. The van der Waals surface area contributed by atoms with Crippen LogP contribution in [0.25, 0.3) is 21.8 Å². The maximum Gasteiger partial charge on any atom is 0.416 e. The van der Waals surface area contributed by atoms with Crippen molar-refractivity contribution in [1.82, 2.24) is 19.8 Å². The molecule has 3 aromatic carbocycles. The second-order valence-corrected chi connectivity index (χ2v) is 15.6. The largest absolute Gasteiger partial charge is 0.459 e. The van der Waals surface area contributed by atoms with Crippen molar-refractivity contribution in [3.05, 3.63) is 107 Å². The van der Waals surface area contributed by atoms with Gasteiger partial charge in [-0.2, -0.15) is 31.6 Å². The molecule has 2 N–H and O–H groups in total. The molecule has 10 nitrogen and oxygen atoms in total. The van der Waals surface area contributed by atoms with Gasteiger partial charge in [-0.25, -0.2) is 4.79 Å². The number of nitriles is 1. The maximum absolute atomic E-state index is 14.5. The Labute approximate surface area is 336 Å². The molecule has 312 valence electrons. The number of carbonyl (C=O) groups excluding carboxylic acids is 3. The van der Waals surface area contributed by atoms with Crippen molar-refractivity contribution in [3.63, 3.8) is 0 Å². The van der Waals surface area contributed by atoms with E-state index >= 15 is 0 Å². The number of nitrogens with zero attached hydrogens (tertiary/aromatic N) is 3. The number of para-hydroxylation sites is 2. The highest BCUT2D eigenvalue weighted by molar-refractivity contribution is 6.08. The summed E-state index contributed by atoms with van der Waals surface area (Å²) in [5.41, 5.74) is -1.94. The molecule has 0 saturated carbocycles. The number of unbranched alkanes of at least 4 members (excludes halogenated alkanes) is 2. The first kappa shape index (κ1) is 42.8. The van der Waals surface area contributed by atoms with Gasteiger partial charge in [-0.15, -0.1) is 0 Å². The third kappa shape index (κ3) is 10.3. The van der Waals surface area contributed by atoms with E-state index in [-0.39, 0.29) is 25.5 Å². The van der Waals surface area contributed by atoms with Crippen molar-refractivity contribution in [2.75, 3.05) is 6.54 Å². The van der Waals surface area contributed by atoms with Crippen LogP contribution in [0, 0.1) is 11.3 Å². The molecule has 1 fully saturated rings. The maximum atomic E-state index is 14.5. The number of amides is 2. The van der Waals surface area contributed by atoms with Gasteiger partial charge in [-0.1, -0.05) is 36.4 Å². The third-order valence-electron chi connectivity index (χ3n) is 10.0. The molecule has 0 unspecified atom stereocenters. The van der Waals surface area contributed by atoms with E-state index in [1.165, 1.54) is 4.90 Å². The van der Waals surface area contributed by atoms with Crippen LogP contribution in [0.5, 0.6) is 0 Å². The number of aromatic amines is 1. The number of ether oxygens (including phenoxy) is 2. The number of H-pyrrole nitrogens is 1. The number of esters is 1. The molecule has 0 spiro atoms. The summed E-state index contributed by atoms with van der Waals surface area (Å²) in [7, 11) is 0. The standard InChI is InChI=1S/C43H43F6N5O5/c1-41(2,3)59-30-21-37(54(23-30)39(56)33-24-53(16-10-4-9-15-50)36-14-8-6-12-32(33)36)38(55)52-35(19-27-22-51-34-13-7-5-11-31(27)34)40(57)58-25-26-17-28(42(44,45)46)20-29(18-26)43(47,48)49/h5-8,11-14,17-18,20,22,24,30,35,37,51H,4,9-10,16,19,21,23,25H2,1-3H3,(H,52,55)/t30-,35+,37+/m1/s1. The summed E-state index contributed by atoms with van der Waals surface area (Å²) in [5, 5.41) is 13.0. The Kier molecular flexibility index (Phi) is 12.5. The minimum absolute atomic E-state index is 0.0224. The number of likely N-dealkylation sites (tertiary alicyclic amines) is 1. The number of halogens is 6. The van der Waals surface area contributed by atoms with Crippen molar-refractivity contribution >= 4 is 39.6 Å². The van der Waals surface area contributed by atoms with Gasteiger partial charge in [-0.3, -0.25) is 9.59 Å². The van der Waals surface area contributed by atoms with E-state index in [0.717, 1.165) is 5.52 Å². The zero-order chi connectivity index (χ0) is 42.7. The fraction of sp³-hybridized carbons (Fsp3) is 0.395. The number of hydrogen-bond acceptors (Lipinski definition) is 6. The van der Waals surface area contributed by atoms with E-state index in [1.807, 2.05) is 37.5 Å². The summed E-state index contributed by atoms with van der Waals surface area (Å²) in [6, 6.07) is 14.8. The van der Waals surface area contributed by atoms with Crippen molar-refractivity contribution in [2.45, 2.75) is 102 Å². The van der Waals surface area contributed by atoms with E-state index in [9.17, 15) is 40.7 Å². The summed E-state index contributed by atoms with van der Waals surface area (Å²) < 4.78 is 95.1. The van der Waals surface area contributed by atoms with Gasteiger partial charge >= 0.3 is 18.3 Å². The molecule has 5 aromatic rings. The molecule has 16 heteroatoms. The summed E-state index contributed by atoms with van der Waals surface area (Å²) in [5.74, 6) is -2.32. The molecule has 2 amide bonds. The van der Waals surface area contributed by atoms with Crippen LogP contribution in [-0.2, 0) is 51.0 Å². The zero-order valence-electron chi connectivity index (χ0n) is 32.5. The molecule has 0 bridgehead atoms. The van der Waals surface area contributed by atoms with E-state index in [1.54, 1.807) is 48.8 Å². The monoisotopic (exact) mass is 823 g/mol. The van der Waals surface area contributed by atoms with Gasteiger partial charge in [0.25, 0.3) is 5.91 Å². The first-order chi connectivity index (χ1) is 27.8. The summed E-state index contributed by atoms with van der Waals surface area (Å²) in [4.78, 5) is 47.3. The first-order valence-electron chi connectivity index (χ1n) is 19.1. The zero-order valence-corrected chi connectivity index (χ0v) is 32.5. The van der Waals surface area contributed by atoms with E-state index in [0.29, 0.717) is 65.4 Å². The predicted octanol–water partition coefficient (Wildman–Crippen LogP) is 8.72. The molecule has 1 aliphatic heterocycles. The Bertz CT molecular complexity index is 2340. The average Bonchev–Trinajstić information content (AvgIpc) is 3.89. The van der Waals surface area contributed by atoms with Crippen molar-refractivity contribution in [2.24, 2.45) is 0 Å². The van der Waals surface area contributed by atoms with Gasteiger partial charge in [0.2, 0.25) is 5.91 Å². The Morgan fingerprint density at radius 2 is 1.59 bits per heavy atom. The lowest BCUT2D eigenvalue weighted by atomic mass is 10.0. The highest BCUT2D eigenvalue weighted by Gasteiger charge is 2.44. The molecule has 2 aromatic heterocycles. The van der Waals surface area contributed by atoms with Gasteiger partial charge in [0.05, 0.1) is 34.5 Å². The van der Waals surface area contributed by atoms with Gasteiger partial charge in [0.15, 0.2) is 0 Å². The normalized spacial score (nSPS) is 16.6.